The second-order valence-electron chi connectivity index (χ2n) is 6.46. The van der Waals surface area contributed by atoms with Crippen LogP contribution in [-0.2, 0) is 22.2 Å². The first-order chi connectivity index (χ1) is 14.1. The van der Waals surface area contributed by atoms with E-state index in [1.807, 2.05) is 42.5 Å². The standard InChI is InChI=1S/C22H23F2N3OS/c1-26-13-22-18(11-17-7-10-20(23)21(24)12-17)8-9-19(27-29(22)25)15-28-14-16-5-3-2-4-6-16/h2-13,19,26H,14-15H2,1H3,(H2,25,27)/b18-11+,22-13+. The van der Waals surface area contributed by atoms with E-state index in [2.05, 4.69) is 10.0 Å². The van der Waals surface area contributed by atoms with E-state index in [4.69, 9.17) is 9.52 Å². The Kier molecular flexibility index (Phi) is 7.46. The van der Waals surface area contributed by atoms with Gasteiger partial charge in [0.1, 0.15) is 0 Å². The van der Waals surface area contributed by atoms with Gasteiger partial charge in [0.05, 0.1) is 24.2 Å². The van der Waals surface area contributed by atoms with Crippen LogP contribution in [0.3, 0.4) is 0 Å². The molecule has 2 aromatic carbocycles. The number of ether oxygens (including phenoxy) is 1. The van der Waals surface area contributed by atoms with Crippen LogP contribution >= 0.6 is 0 Å². The SMILES string of the molecule is CN/C=C1\C(=C\c2ccc(F)c(F)c2)C=CC(COCc2ccccc2)NS1=N. The molecule has 0 bridgehead atoms. The lowest BCUT2D eigenvalue weighted by Crippen LogP contribution is -2.32. The normalized spacial score (nSPS) is 22.0. The Morgan fingerprint density at radius 2 is 1.97 bits per heavy atom. The largest absolute Gasteiger partial charge is 0.393 e. The first-order valence-corrected chi connectivity index (χ1v) is 10.4. The highest BCUT2D eigenvalue weighted by Crippen LogP contribution is 2.23. The van der Waals surface area contributed by atoms with Gasteiger partial charge in [0.25, 0.3) is 0 Å². The van der Waals surface area contributed by atoms with Crippen LogP contribution in [0.4, 0.5) is 8.78 Å². The Balaban J connectivity index is 1.77. The number of benzene rings is 2. The van der Waals surface area contributed by atoms with Crippen molar-refractivity contribution < 1.29 is 13.5 Å². The molecule has 1 aliphatic rings. The summed E-state index contributed by atoms with van der Waals surface area (Å²) < 4.78 is 44.3. The van der Waals surface area contributed by atoms with E-state index in [0.717, 1.165) is 28.2 Å². The number of halogens is 2. The average molecular weight is 416 g/mol. The van der Waals surface area contributed by atoms with Crippen LogP contribution in [-0.4, -0.2) is 19.7 Å². The lowest BCUT2D eigenvalue weighted by molar-refractivity contribution is 0.114. The van der Waals surface area contributed by atoms with Gasteiger partial charge < -0.3 is 10.1 Å². The highest BCUT2D eigenvalue weighted by molar-refractivity contribution is 7.88. The van der Waals surface area contributed by atoms with E-state index in [0.29, 0.717) is 18.8 Å². The maximum atomic E-state index is 13.6. The lowest BCUT2D eigenvalue weighted by Gasteiger charge is -2.16. The molecule has 1 heterocycles. The summed E-state index contributed by atoms with van der Waals surface area (Å²) in [6.45, 7) is 0.911. The fourth-order valence-corrected chi connectivity index (χ4v) is 3.99. The van der Waals surface area contributed by atoms with E-state index >= 15 is 0 Å². The van der Waals surface area contributed by atoms with Crippen molar-refractivity contribution in [1.29, 1.82) is 4.78 Å². The van der Waals surface area contributed by atoms with Gasteiger partial charge in [-0.25, -0.2) is 13.5 Å². The van der Waals surface area contributed by atoms with Crippen molar-refractivity contribution in [2.75, 3.05) is 13.7 Å². The van der Waals surface area contributed by atoms with Crippen LogP contribution in [0.5, 0.6) is 0 Å². The molecule has 0 saturated heterocycles. The number of hydrogen-bond acceptors (Lipinski definition) is 3. The van der Waals surface area contributed by atoms with Crippen LogP contribution in [0.15, 0.2) is 77.4 Å². The monoisotopic (exact) mass is 415 g/mol. The number of rotatable bonds is 6. The summed E-state index contributed by atoms with van der Waals surface area (Å²) in [5.74, 6) is -1.78. The average Bonchev–Trinajstić information content (AvgIpc) is 2.85. The van der Waals surface area contributed by atoms with Gasteiger partial charge in [-0.15, -0.1) is 0 Å². The predicted molar refractivity (Wildman–Crippen MR) is 114 cm³/mol. The molecule has 0 fully saturated rings. The zero-order chi connectivity index (χ0) is 20.6. The van der Waals surface area contributed by atoms with Crippen LogP contribution in [0, 0.1) is 16.4 Å². The molecule has 0 aliphatic carbocycles. The molecule has 3 N–H and O–H groups in total. The number of nitrogens with one attached hydrogen (secondary N) is 3. The Hall–Kier alpha value is -2.61. The minimum atomic E-state index is -1.02. The molecule has 7 heteroatoms. The third kappa shape index (κ3) is 5.93. The van der Waals surface area contributed by atoms with Crippen LogP contribution in [0.25, 0.3) is 6.08 Å². The third-order valence-electron chi connectivity index (χ3n) is 4.23. The van der Waals surface area contributed by atoms with Gasteiger partial charge in [-0.1, -0.05) is 48.6 Å². The number of allylic oxidation sites excluding steroid dienone is 2. The van der Waals surface area contributed by atoms with E-state index < -0.39 is 22.5 Å². The number of hydrogen-bond donors (Lipinski definition) is 3. The van der Waals surface area contributed by atoms with Gasteiger partial charge in [0.15, 0.2) is 11.6 Å². The molecule has 0 radical (unpaired) electrons. The molecular weight excluding hydrogens is 392 g/mol. The van der Waals surface area contributed by atoms with Crippen molar-refractivity contribution in [2.45, 2.75) is 12.6 Å². The molecule has 152 valence electrons. The van der Waals surface area contributed by atoms with Crippen LogP contribution in [0.2, 0.25) is 0 Å². The van der Waals surface area contributed by atoms with Gasteiger partial charge in [-0.3, -0.25) is 4.78 Å². The zero-order valence-corrected chi connectivity index (χ0v) is 16.8. The molecule has 2 unspecified atom stereocenters. The second-order valence-corrected chi connectivity index (χ2v) is 7.75. The third-order valence-corrected chi connectivity index (χ3v) is 5.56. The molecule has 1 aliphatic heterocycles. The predicted octanol–water partition coefficient (Wildman–Crippen LogP) is 4.45. The molecule has 0 aromatic heterocycles. The Morgan fingerprint density at radius 3 is 2.69 bits per heavy atom. The molecular formula is C22H23F2N3OS. The molecule has 0 saturated carbocycles. The van der Waals surface area contributed by atoms with Gasteiger partial charge in [0.2, 0.25) is 0 Å². The fraction of sp³-hybridized carbons (Fsp3) is 0.182. The Morgan fingerprint density at radius 1 is 1.17 bits per heavy atom. The van der Waals surface area contributed by atoms with E-state index in [1.54, 1.807) is 19.3 Å². The summed E-state index contributed by atoms with van der Waals surface area (Å²) >= 11 is 0. The summed E-state index contributed by atoms with van der Waals surface area (Å²) in [5, 5.41) is 2.96. The zero-order valence-electron chi connectivity index (χ0n) is 16.0. The summed E-state index contributed by atoms with van der Waals surface area (Å²) in [7, 11) is 0.742. The molecule has 2 atom stereocenters. The van der Waals surface area contributed by atoms with Crippen LogP contribution in [0.1, 0.15) is 11.1 Å². The Labute approximate surface area is 172 Å². The Bertz CT molecular complexity index is 958. The first-order valence-electron chi connectivity index (χ1n) is 9.13. The van der Waals surface area contributed by atoms with Gasteiger partial charge in [-0.2, -0.15) is 0 Å². The quantitative estimate of drug-likeness (QED) is 0.653. The molecule has 4 nitrogen and oxygen atoms in total. The van der Waals surface area contributed by atoms with Crippen molar-refractivity contribution in [2.24, 2.45) is 0 Å². The molecule has 2 aromatic rings. The summed E-state index contributed by atoms with van der Waals surface area (Å²) in [6.07, 6.45) is 7.30. The summed E-state index contributed by atoms with van der Waals surface area (Å²) in [6, 6.07) is 13.5. The second kappa shape index (κ2) is 10.2. The lowest BCUT2D eigenvalue weighted by atomic mass is 10.1. The van der Waals surface area contributed by atoms with Gasteiger partial charge in [0, 0.05) is 13.2 Å². The smallest absolute Gasteiger partial charge is 0.159 e. The first kappa shape index (κ1) is 21.1. The van der Waals surface area contributed by atoms with Crippen molar-refractivity contribution in [3.8, 4) is 0 Å². The fourth-order valence-electron chi connectivity index (χ4n) is 2.82. The molecule has 3 rings (SSSR count). The highest BCUT2D eigenvalue weighted by Gasteiger charge is 2.17. The maximum Gasteiger partial charge on any atom is 0.159 e. The van der Waals surface area contributed by atoms with Gasteiger partial charge >= 0.3 is 0 Å². The minimum absolute atomic E-state index is 0.143. The van der Waals surface area contributed by atoms with E-state index in [9.17, 15) is 8.78 Å². The van der Waals surface area contributed by atoms with Crippen molar-refractivity contribution in [3.63, 3.8) is 0 Å². The topological polar surface area (TPSA) is 57.1 Å². The summed E-state index contributed by atoms with van der Waals surface area (Å²) in [5.41, 5.74) is 2.37. The van der Waals surface area contributed by atoms with Crippen LogP contribution < -0.4 is 10.0 Å². The van der Waals surface area contributed by atoms with Gasteiger partial charge in [-0.05, 0) is 45.8 Å². The minimum Gasteiger partial charge on any atom is -0.393 e. The van der Waals surface area contributed by atoms with E-state index in [1.165, 1.54) is 6.07 Å². The molecule has 29 heavy (non-hydrogen) atoms. The van der Waals surface area contributed by atoms with Crippen molar-refractivity contribution in [1.82, 2.24) is 10.0 Å². The molecule has 0 spiro atoms. The molecule has 0 amide bonds. The van der Waals surface area contributed by atoms with E-state index in [-0.39, 0.29) is 6.04 Å². The summed E-state index contributed by atoms with van der Waals surface area (Å²) in [4.78, 5) is 0.721. The van der Waals surface area contributed by atoms with Crippen molar-refractivity contribution in [3.05, 3.63) is 100 Å². The maximum absolute atomic E-state index is 13.6. The van der Waals surface area contributed by atoms with Crippen molar-refractivity contribution >= 4 is 17.0 Å². The highest BCUT2D eigenvalue weighted by atomic mass is 32.2.